The van der Waals surface area contributed by atoms with Gasteiger partial charge < -0.3 is 15.2 Å². The van der Waals surface area contributed by atoms with E-state index in [2.05, 4.69) is 32.3 Å². The van der Waals surface area contributed by atoms with Crippen LogP contribution in [0.3, 0.4) is 0 Å². The number of hydrogen-bond donors (Lipinski definition) is 2. The van der Waals surface area contributed by atoms with Crippen LogP contribution in [0, 0.1) is 0 Å². The van der Waals surface area contributed by atoms with Gasteiger partial charge in [-0.3, -0.25) is 0 Å². The highest BCUT2D eigenvalue weighted by molar-refractivity contribution is 7.99. The van der Waals surface area contributed by atoms with Crippen LogP contribution in [0.4, 0.5) is 4.79 Å². The van der Waals surface area contributed by atoms with Crippen molar-refractivity contribution in [3.8, 4) is 0 Å². The fourth-order valence-corrected chi connectivity index (χ4v) is 3.12. The number of amides is 2. The van der Waals surface area contributed by atoms with Gasteiger partial charge in [0.1, 0.15) is 5.82 Å². The van der Waals surface area contributed by atoms with Crippen LogP contribution >= 0.6 is 11.8 Å². The molecule has 0 spiro atoms. The lowest BCUT2D eigenvalue weighted by atomic mass is 10.1. The van der Waals surface area contributed by atoms with E-state index < -0.39 is 0 Å². The maximum atomic E-state index is 11.9. The average Bonchev–Trinajstić information content (AvgIpc) is 2.91. The molecule has 1 aromatic rings. The highest BCUT2D eigenvalue weighted by Gasteiger charge is 2.20. The van der Waals surface area contributed by atoms with Crippen molar-refractivity contribution >= 4 is 17.8 Å². The van der Waals surface area contributed by atoms with E-state index in [4.69, 9.17) is 0 Å². The van der Waals surface area contributed by atoms with E-state index in [0.717, 1.165) is 49.0 Å². The van der Waals surface area contributed by atoms with Gasteiger partial charge in [0.25, 0.3) is 0 Å². The summed E-state index contributed by atoms with van der Waals surface area (Å²) in [5.74, 6) is 4.12. The summed E-state index contributed by atoms with van der Waals surface area (Å²) in [6, 6.07) is -0.244. The highest BCUT2D eigenvalue weighted by atomic mass is 32.2. The molecule has 0 saturated carbocycles. The monoisotopic (exact) mass is 311 g/mol. The van der Waals surface area contributed by atoms with Gasteiger partial charge in [0.05, 0.1) is 6.04 Å². The zero-order valence-electron chi connectivity index (χ0n) is 12.9. The van der Waals surface area contributed by atoms with Crippen molar-refractivity contribution in [3.63, 3.8) is 0 Å². The predicted molar refractivity (Wildman–Crippen MR) is 85.5 cm³/mol. The molecule has 2 rings (SSSR count). The summed E-state index contributed by atoms with van der Waals surface area (Å²) in [5, 5.41) is 14.3. The zero-order chi connectivity index (χ0) is 15.1. The molecule has 1 unspecified atom stereocenters. The number of urea groups is 1. The molecule has 1 aliphatic rings. The number of nitrogens with zero attached hydrogens (tertiary/aromatic N) is 3. The lowest BCUT2D eigenvalue weighted by Gasteiger charge is -2.19. The summed E-state index contributed by atoms with van der Waals surface area (Å²) in [4.78, 5) is 11.9. The van der Waals surface area contributed by atoms with E-state index in [1.165, 1.54) is 6.42 Å². The van der Waals surface area contributed by atoms with Gasteiger partial charge in [-0.05, 0) is 37.7 Å². The summed E-state index contributed by atoms with van der Waals surface area (Å²) in [6.07, 6.45) is 4.32. The molecule has 0 fully saturated rings. The van der Waals surface area contributed by atoms with Crippen LogP contribution in [-0.2, 0) is 13.0 Å². The van der Waals surface area contributed by atoms with Gasteiger partial charge in [-0.2, -0.15) is 11.8 Å². The summed E-state index contributed by atoms with van der Waals surface area (Å²) in [5.41, 5.74) is 0. The minimum absolute atomic E-state index is 0.116. The smallest absolute Gasteiger partial charge is 0.315 e. The van der Waals surface area contributed by atoms with E-state index in [0.29, 0.717) is 6.54 Å². The first kappa shape index (κ1) is 16.1. The minimum atomic E-state index is -0.128. The molecule has 2 N–H and O–H groups in total. The molecule has 1 aliphatic heterocycles. The first-order valence-electron chi connectivity index (χ1n) is 7.76. The molecule has 0 aromatic carbocycles. The molecule has 1 aromatic heterocycles. The van der Waals surface area contributed by atoms with Crippen molar-refractivity contribution < 1.29 is 4.79 Å². The second kappa shape index (κ2) is 8.26. The molecule has 1 atom stereocenters. The van der Waals surface area contributed by atoms with E-state index >= 15 is 0 Å². The average molecular weight is 311 g/mol. The second-order valence-electron chi connectivity index (χ2n) is 5.26. The number of rotatable bonds is 7. The van der Waals surface area contributed by atoms with Gasteiger partial charge in [-0.15, -0.1) is 10.2 Å². The van der Waals surface area contributed by atoms with Crippen molar-refractivity contribution in [2.75, 3.05) is 18.1 Å². The maximum absolute atomic E-state index is 11.9. The van der Waals surface area contributed by atoms with Gasteiger partial charge in [0, 0.05) is 19.5 Å². The van der Waals surface area contributed by atoms with E-state index in [1.54, 1.807) is 0 Å². The quantitative estimate of drug-likeness (QED) is 0.757. The number of hydrogen-bond acceptors (Lipinski definition) is 4. The summed E-state index contributed by atoms with van der Waals surface area (Å²) in [7, 11) is 0. The molecule has 7 heteroatoms. The lowest BCUT2D eigenvalue weighted by molar-refractivity contribution is 0.237. The number of carbonyl (C=O) groups is 1. The topological polar surface area (TPSA) is 71.8 Å². The largest absolute Gasteiger partial charge is 0.338 e. The Morgan fingerprint density at radius 2 is 2.29 bits per heavy atom. The van der Waals surface area contributed by atoms with Gasteiger partial charge in [0.2, 0.25) is 0 Å². The number of thioether (sulfide) groups is 1. The Labute approximate surface area is 130 Å². The molecule has 6 nitrogen and oxygen atoms in total. The molecular weight excluding hydrogens is 286 g/mol. The molecule has 0 radical (unpaired) electrons. The van der Waals surface area contributed by atoms with Crippen LogP contribution < -0.4 is 10.6 Å². The van der Waals surface area contributed by atoms with Gasteiger partial charge in [-0.25, -0.2) is 4.79 Å². The van der Waals surface area contributed by atoms with Crippen molar-refractivity contribution in [1.29, 1.82) is 0 Å². The van der Waals surface area contributed by atoms with Crippen molar-refractivity contribution in [3.05, 3.63) is 11.6 Å². The van der Waals surface area contributed by atoms with Gasteiger partial charge in [0.15, 0.2) is 5.82 Å². The van der Waals surface area contributed by atoms with Crippen LogP contribution in [0.15, 0.2) is 0 Å². The zero-order valence-corrected chi connectivity index (χ0v) is 13.7. The van der Waals surface area contributed by atoms with Crippen molar-refractivity contribution in [2.45, 2.75) is 52.1 Å². The second-order valence-corrected chi connectivity index (χ2v) is 6.65. The Kier molecular flexibility index (Phi) is 6.35. The van der Waals surface area contributed by atoms with Crippen LogP contribution in [0.25, 0.3) is 0 Å². The number of nitrogens with one attached hydrogen (secondary N) is 2. The molecular formula is C14H25N5OS. The maximum Gasteiger partial charge on any atom is 0.315 e. The first-order valence-corrected chi connectivity index (χ1v) is 8.92. The Balaban J connectivity index is 1.77. The fraction of sp³-hybridized carbons (Fsp3) is 0.786. The van der Waals surface area contributed by atoms with Gasteiger partial charge in [-0.1, -0.05) is 6.92 Å². The number of aryl methyl sites for hydroxylation is 1. The number of aromatic nitrogens is 3. The SMILES string of the molecule is CCSCCCNC(=O)NC(C)c1nnc2n1CCCC2. The minimum Gasteiger partial charge on any atom is -0.338 e. The van der Waals surface area contributed by atoms with Crippen LogP contribution in [0.2, 0.25) is 0 Å². The molecule has 118 valence electrons. The molecule has 0 bridgehead atoms. The third-order valence-electron chi connectivity index (χ3n) is 3.58. The van der Waals surface area contributed by atoms with Gasteiger partial charge >= 0.3 is 6.03 Å². The lowest BCUT2D eigenvalue weighted by Crippen LogP contribution is -2.38. The molecule has 21 heavy (non-hydrogen) atoms. The third-order valence-corrected chi connectivity index (χ3v) is 4.56. The summed E-state index contributed by atoms with van der Waals surface area (Å²) in [6.45, 7) is 5.77. The standard InChI is InChI=1S/C14H25N5OS/c1-3-21-10-6-8-15-14(20)16-11(2)13-18-17-12-7-4-5-9-19(12)13/h11H,3-10H2,1-2H3,(H2,15,16,20). The third kappa shape index (κ3) is 4.62. The van der Waals surface area contributed by atoms with E-state index in [1.807, 2.05) is 18.7 Å². The molecule has 2 heterocycles. The Morgan fingerprint density at radius 1 is 1.43 bits per heavy atom. The fourth-order valence-electron chi connectivity index (χ4n) is 2.48. The number of carbonyl (C=O) groups excluding carboxylic acids is 1. The predicted octanol–water partition coefficient (Wildman–Crippen LogP) is 2.12. The molecule has 0 aliphatic carbocycles. The summed E-state index contributed by atoms with van der Waals surface area (Å²) < 4.78 is 2.15. The van der Waals surface area contributed by atoms with Crippen LogP contribution in [0.1, 0.15) is 50.8 Å². The normalized spacial score (nSPS) is 15.3. The van der Waals surface area contributed by atoms with Crippen LogP contribution in [0.5, 0.6) is 0 Å². The number of fused-ring (bicyclic) bond motifs is 1. The van der Waals surface area contributed by atoms with Crippen LogP contribution in [-0.4, -0.2) is 38.8 Å². The Morgan fingerprint density at radius 3 is 3.10 bits per heavy atom. The Bertz CT molecular complexity index is 462. The highest BCUT2D eigenvalue weighted by Crippen LogP contribution is 2.18. The van der Waals surface area contributed by atoms with Crippen molar-refractivity contribution in [2.24, 2.45) is 0 Å². The first-order chi connectivity index (χ1) is 10.2. The molecule has 0 saturated heterocycles. The van der Waals surface area contributed by atoms with E-state index in [-0.39, 0.29) is 12.1 Å². The van der Waals surface area contributed by atoms with Crippen molar-refractivity contribution in [1.82, 2.24) is 25.4 Å². The Hall–Kier alpha value is -1.24. The molecule has 2 amide bonds. The summed E-state index contributed by atoms with van der Waals surface area (Å²) >= 11 is 1.89. The van der Waals surface area contributed by atoms with E-state index in [9.17, 15) is 4.79 Å².